The van der Waals surface area contributed by atoms with Gasteiger partial charge < -0.3 is 9.47 Å². The number of carbonyl (C=O) groups is 2. The van der Waals surface area contributed by atoms with Crippen LogP contribution < -0.4 is 0 Å². The maximum Gasteiger partial charge on any atom is 0.308 e. The van der Waals surface area contributed by atoms with Crippen molar-refractivity contribution in [1.82, 2.24) is 0 Å². The molecule has 0 N–H and O–H groups in total. The van der Waals surface area contributed by atoms with Crippen molar-refractivity contribution in [2.24, 2.45) is 23.7 Å². The van der Waals surface area contributed by atoms with Gasteiger partial charge in [-0.3, -0.25) is 9.59 Å². The van der Waals surface area contributed by atoms with E-state index in [9.17, 15) is 9.59 Å². The Morgan fingerprint density at radius 1 is 0.562 bits per heavy atom. The number of ether oxygens (including phenoxy) is 2. The van der Waals surface area contributed by atoms with Crippen molar-refractivity contribution in [3.8, 4) is 0 Å². The Balaban J connectivity index is 3.46. The summed E-state index contributed by atoms with van der Waals surface area (Å²) in [6.45, 7) is 13.9. The van der Waals surface area contributed by atoms with Crippen LogP contribution >= 0.6 is 0 Å². The van der Waals surface area contributed by atoms with E-state index in [4.69, 9.17) is 9.47 Å². The molecule has 0 saturated heterocycles. The fourth-order valence-corrected chi connectivity index (χ4v) is 3.64. The van der Waals surface area contributed by atoms with Crippen LogP contribution in [0.3, 0.4) is 0 Å². The van der Waals surface area contributed by atoms with Crippen LogP contribution in [-0.4, -0.2) is 25.2 Å². The first-order chi connectivity index (χ1) is 15.2. The number of carbonyl (C=O) groups excluding carboxylic acids is 2. The fourth-order valence-electron chi connectivity index (χ4n) is 3.64. The van der Waals surface area contributed by atoms with Crippen LogP contribution in [0.4, 0.5) is 0 Å². The molecule has 2 atom stereocenters. The molecule has 0 spiro atoms. The number of rotatable bonds is 21. The van der Waals surface area contributed by atoms with E-state index >= 15 is 0 Å². The summed E-state index contributed by atoms with van der Waals surface area (Å²) in [7, 11) is 0. The van der Waals surface area contributed by atoms with Gasteiger partial charge in [-0.15, -0.1) is 0 Å². The van der Waals surface area contributed by atoms with Crippen molar-refractivity contribution >= 4 is 11.9 Å². The molecule has 4 heteroatoms. The van der Waals surface area contributed by atoms with E-state index in [-0.39, 0.29) is 17.9 Å². The maximum atomic E-state index is 12.1. The Bertz CT molecular complexity index is 458. The Morgan fingerprint density at radius 2 is 1.00 bits per heavy atom. The number of hydrogen-bond donors (Lipinski definition) is 0. The molecule has 0 heterocycles. The lowest BCUT2D eigenvalue weighted by molar-refractivity contribution is -0.150. The molecule has 0 rings (SSSR count). The second-order valence-corrected chi connectivity index (χ2v) is 10.6. The van der Waals surface area contributed by atoms with Gasteiger partial charge in [0.1, 0.15) is 0 Å². The van der Waals surface area contributed by atoms with E-state index in [0.29, 0.717) is 37.4 Å². The van der Waals surface area contributed by atoms with E-state index in [1.54, 1.807) is 0 Å². The molecule has 0 aromatic carbocycles. The van der Waals surface area contributed by atoms with Gasteiger partial charge in [-0.25, -0.2) is 0 Å². The zero-order valence-corrected chi connectivity index (χ0v) is 22.3. The summed E-state index contributed by atoms with van der Waals surface area (Å²) < 4.78 is 10.7. The van der Waals surface area contributed by atoms with Crippen LogP contribution in [0.5, 0.6) is 0 Å². The van der Waals surface area contributed by atoms with Gasteiger partial charge >= 0.3 is 11.9 Å². The lowest BCUT2D eigenvalue weighted by atomic mass is 9.90. The van der Waals surface area contributed by atoms with Crippen LogP contribution in [0.1, 0.15) is 131 Å². The zero-order chi connectivity index (χ0) is 24.2. The molecule has 0 aliphatic rings. The molecule has 0 aliphatic heterocycles. The minimum absolute atomic E-state index is 0.00376. The molecule has 0 aromatic heterocycles. The van der Waals surface area contributed by atoms with E-state index in [2.05, 4.69) is 34.6 Å². The SMILES string of the molecule is CC(C)CCOC(=O)CCCCCCCCCCCCC(C)C(C)C(=O)OCCC(C)C. The van der Waals surface area contributed by atoms with E-state index in [1.807, 2.05) is 6.92 Å². The average molecular weight is 455 g/mol. The second-order valence-electron chi connectivity index (χ2n) is 10.6. The predicted molar refractivity (Wildman–Crippen MR) is 135 cm³/mol. The number of unbranched alkanes of at least 4 members (excludes halogenated alkanes) is 9. The first-order valence-electron chi connectivity index (χ1n) is 13.6. The molecular weight excluding hydrogens is 400 g/mol. The topological polar surface area (TPSA) is 52.6 Å². The van der Waals surface area contributed by atoms with Crippen molar-refractivity contribution < 1.29 is 19.1 Å². The van der Waals surface area contributed by atoms with Crippen LogP contribution in [0.25, 0.3) is 0 Å². The Kier molecular flexibility index (Phi) is 19.9. The highest BCUT2D eigenvalue weighted by molar-refractivity contribution is 5.72. The van der Waals surface area contributed by atoms with Gasteiger partial charge in [0.05, 0.1) is 19.1 Å². The molecular formula is C28H54O4. The van der Waals surface area contributed by atoms with Crippen molar-refractivity contribution in [2.75, 3.05) is 13.2 Å². The molecule has 0 bridgehead atoms. The predicted octanol–water partition coefficient (Wildman–Crippen LogP) is 8.12. The molecule has 32 heavy (non-hydrogen) atoms. The first-order valence-corrected chi connectivity index (χ1v) is 13.6. The summed E-state index contributed by atoms with van der Waals surface area (Å²) in [6, 6.07) is 0. The highest BCUT2D eigenvalue weighted by Gasteiger charge is 2.21. The third-order valence-corrected chi connectivity index (χ3v) is 6.41. The molecule has 0 aromatic rings. The third-order valence-electron chi connectivity index (χ3n) is 6.41. The molecule has 190 valence electrons. The second kappa shape index (κ2) is 20.5. The highest BCUT2D eigenvalue weighted by atomic mass is 16.5. The minimum atomic E-state index is -0.0302. The largest absolute Gasteiger partial charge is 0.466 e. The lowest BCUT2D eigenvalue weighted by Gasteiger charge is -2.19. The molecule has 2 unspecified atom stereocenters. The van der Waals surface area contributed by atoms with E-state index in [1.165, 1.54) is 51.4 Å². The first kappa shape index (κ1) is 30.9. The molecule has 0 radical (unpaired) electrons. The monoisotopic (exact) mass is 454 g/mol. The van der Waals surface area contributed by atoms with Crippen LogP contribution in [0.15, 0.2) is 0 Å². The van der Waals surface area contributed by atoms with Crippen molar-refractivity contribution in [1.29, 1.82) is 0 Å². The summed E-state index contributed by atoms with van der Waals surface area (Å²) in [5, 5.41) is 0. The van der Waals surface area contributed by atoms with E-state index in [0.717, 1.165) is 32.1 Å². The summed E-state index contributed by atoms with van der Waals surface area (Å²) >= 11 is 0. The van der Waals surface area contributed by atoms with Gasteiger partial charge in [0.2, 0.25) is 0 Å². The Hall–Kier alpha value is -1.06. The molecule has 0 aliphatic carbocycles. The quantitative estimate of drug-likeness (QED) is 0.130. The van der Waals surface area contributed by atoms with E-state index < -0.39 is 0 Å². The van der Waals surface area contributed by atoms with Gasteiger partial charge in [-0.2, -0.15) is 0 Å². The summed E-state index contributed by atoms with van der Waals surface area (Å²) in [6.07, 6.45) is 15.9. The van der Waals surface area contributed by atoms with Crippen LogP contribution in [0.2, 0.25) is 0 Å². The third kappa shape index (κ3) is 19.6. The minimum Gasteiger partial charge on any atom is -0.466 e. The smallest absolute Gasteiger partial charge is 0.308 e. The van der Waals surface area contributed by atoms with Crippen molar-refractivity contribution in [2.45, 2.75) is 131 Å². The highest BCUT2D eigenvalue weighted by Crippen LogP contribution is 2.21. The normalized spacial score (nSPS) is 13.4. The van der Waals surface area contributed by atoms with Gasteiger partial charge in [-0.05, 0) is 43.4 Å². The Labute approximate surface area is 199 Å². The fraction of sp³-hybridized carbons (Fsp3) is 0.929. The number of esters is 2. The van der Waals surface area contributed by atoms with Crippen molar-refractivity contribution in [3.63, 3.8) is 0 Å². The summed E-state index contributed by atoms with van der Waals surface area (Å²) in [4.78, 5) is 23.7. The summed E-state index contributed by atoms with van der Waals surface area (Å²) in [5.41, 5.74) is 0. The van der Waals surface area contributed by atoms with Gasteiger partial charge in [0, 0.05) is 6.42 Å². The van der Waals surface area contributed by atoms with Crippen LogP contribution in [-0.2, 0) is 19.1 Å². The maximum absolute atomic E-state index is 12.1. The Morgan fingerprint density at radius 3 is 1.50 bits per heavy atom. The number of hydrogen-bond acceptors (Lipinski definition) is 4. The zero-order valence-electron chi connectivity index (χ0n) is 22.3. The van der Waals surface area contributed by atoms with Gasteiger partial charge in [-0.1, -0.05) is 99.3 Å². The molecule has 0 amide bonds. The summed E-state index contributed by atoms with van der Waals surface area (Å²) in [5.74, 6) is 1.51. The van der Waals surface area contributed by atoms with Crippen LogP contribution in [0, 0.1) is 23.7 Å². The van der Waals surface area contributed by atoms with Gasteiger partial charge in [0.15, 0.2) is 0 Å². The standard InChI is InChI=1S/C28H54O4/c1-23(2)19-21-31-27(29)18-16-14-12-10-8-7-9-11-13-15-17-25(5)26(6)28(30)32-22-20-24(3)4/h23-26H,7-22H2,1-6H3. The molecule has 0 fully saturated rings. The lowest BCUT2D eigenvalue weighted by Crippen LogP contribution is -2.22. The molecule has 4 nitrogen and oxygen atoms in total. The van der Waals surface area contributed by atoms with Crippen molar-refractivity contribution in [3.05, 3.63) is 0 Å². The average Bonchev–Trinajstić information content (AvgIpc) is 2.73. The van der Waals surface area contributed by atoms with Gasteiger partial charge in [0.25, 0.3) is 0 Å². The molecule has 0 saturated carbocycles.